The summed E-state index contributed by atoms with van der Waals surface area (Å²) in [4.78, 5) is 19.9. The molecule has 0 atom stereocenters. The highest BCUT2D eigenvalue weighted by atomic mass is 16.5. The predicted octanol–water partition coefficient (Wildman–Crippen LogP) is 4.24. The number of nitrogens with zero attached hydrogens (tertiary/aromatic N) is 4. The van der Waals surface area contributed by atoms with E-state index in [9.17, 15) is 4.79 Å². The van der Waals surface area contributed by atoms with Crippen molar-refractivity contribution in [3.05, 3.63) is 59.1 Å². The molecule has 1 aliphatic carbocycles. The van der Waals surface area contributed by atoms with Gasteiger partial charge in [-0.2, -0.15) is 0 Å². The van der Waals surface area contributed by atoms with Crippen LogP contribution >= 0.6 is 0 Å². The van der Waals surface area contributed by atoms with Crippen molar-refractivity contribution in [1.29, 1.82) is 0 Å². The molecule has 2 aromatic heterocycles. The van der Waals surface area contributed by atoms with Crippen LogP contribution in [0.25, 0.3) is 33.1 Å². The van der Waals surface area contributed by atoms with E-state index in [-0.39, 0.29) is 17.8 Å². The molecule has 178 valence electrons. The number of methoxy groups -OCH3 is 1. The first kappa shape index (κ1) is 22.6. The van der Waals surface area contributed by atoms with Crippen LogP contribution in [0.1, 0.15) is 25.3 Å². The Hall–Kier alpha value is -3.16. The van der Waals surface area contributed by atoms with E-state index in [1.807, 2.05) is 36.0 Å². The van der Waals surface area contributed by atoms with Gasteiger partial charge in [0, 0.05) is 32.1 Å². The van der Waals surface area contributed by atoms with Crippen LogP contribution in [0.2, 0.25) is 0 Å². The lowest BCUT2D eigenvalue weighted by molar-refractivity contribution is 0.00635. The molecule has 0 spiro atoms. The van der Waals surface area contributed by atoms with Gasteiger partial charge in [-0.05, 0) is 68.8 Å². The summed E-state index contributed by atoms with van der Waals surface area (Å²) in [7, 11) is 7.69. The molecule has 1 fully saturated rings. The lowest BCUT2D eigenvalue weighted by atomic mass is 9.89. The standard InChI is InChI=1S/C27H32N4O3/c1-29(2)12-5-13-34-21-9-6-18(7-10-21)19-8-11-24-23(14-19)26-25(17-28-24)30(3)27(32)31(26)20-15-22(16-20)33-4/h6-11,14,17,20,22H,5,12-13,15-16H2,1-4H3/t20-,22+. The summed E-state index contributed by atoms with van der Waals surface area (Å²) >= 11 is 0. The Kier molecular flexibility index (Phi) is 6.15. The minimum Gasteiger partial charge on any atom is -0.494 e. The van der Waals surface area contributed by atoms with Crippen LogP contribution in [0.5, 0.6) is 5.75 Å². The quantitative estimate of drug-likeness (QED) is 0.368. The largest absolute Gasteiger partial charge is 0.494 e. The molecule has 0 amide bonds. The van der Waals surface area contributed by atoms with Crippen molar-refractivity contribution < 1.29 is 9.47 Å². The summed E-state index contributed by atoms with van der Waals surface area (Å²) in [6.07, 6.45) is 4.74. The number of hydrogen-bond donors (Lipinski definition) is 0. The summed E-state index contributed by atoms with van der Waals surface area (Å²) in [5, 5.41) is 0.998. The minimum absolute atomic E-state index is 0.00465. The molecule has 0 N–H and O–H groups in total. The van der Waals surface area contributed by atoms with E-state index in [1.54, 1.807) is 11.7 Å². The van der Waals surface area contributed by atoms with Crippen LogP contribution in [-0.4, -0.2) is 59.5 Å². The fraction of sp³-hybridized carbons (Fsp3) is 0.407. The Bertz CT molecular complexity index is 1360. The van der Waals surface area contributed by atoms with Crippen molar-refractivity contribution in [3.63, 3.8) is 0 Å². The van der Waals surface area contributed by atoms with Gasteiger partial charge < -0.3 is 14.4 Å². The summed E-state index contributed by atoms with van der Waals surface area (Å²) in [5.74, 6) is 0.877. The number of pyridine rings is 1. The van der Waals surface area contributed by atoms with E-state index < -0.39 is 0 Å². The SMILES string of the molecule is CO[C@H]1C[C@@H](n2c(=O)n(C)c3cnc4ccc(-c5ccc(OCCCN(C)C)cc5)cc4c32)C1. The summed E-state index contributed by atoms with van der Waals surface area (Å²) < 4.78 is 15.0. The average Bonchev–Trinajstić information content (AvgIpc) is 3.07. The second kappa shape index (κ2) is 9.24. The lowest BCUT2D eigenvalue weighted by Crippen LogP contribution is -2.37. The van der Waals surface area contributed by atoms with E-state index in [1.165, 1.54) is 0 Å². The zero-order valence-corrected chi connectivity index (χ0v) is 20.3. The lowest BCUT2D eigenvalue weighted by Gasteiger charge is -2.34. The molecule has 4 aromatic rings. The van der Waals surface area contributed by atoms with Gasteiger partial charge in [0.1, 0.15) is 5.75 Å². The third kappa shape index (κ3) is 4.10. The molecule has 5 rings (SSSR count). The molecule has 2 aromatic carbocycles. The number of rotatable bonds is 8. The zero-order valence-electron chi connectivity index (χ0n) is 20.3. The van der Waals surface area contributed by atoms with Crippen molar-refractivity contribution in [2.75, 3.05) is 34.4 Å². The average molecular weight is 461 g/mol. The molecule has 0 aliphatic heterocycles. The van der Waals surface area contributed by atoms with Gasteiger partial charge in [-0.3, -0.25) is 14.1 Å². The Morgan fingerprint density at radius 2 is 1.82 bits per heavy atom. The van der Waals surface area contributed by atoms with Gasteiger partial charge in [0.05, 0.1) is 35.5 Å². The second-order valence-corrected chi connectivity index (χ2v) is 9.45. The van der Waals surface area contributed by atoms with Gasteiger partial charge in [-0.15, -0.1) is 0 Å². The van der Waals surface area contributed by atoms with Gasteiger partial charge in [-0.25, -0.2) is 4.79 Å². The number of benzene rings is 2. The molecule has 34 heavy (non-hydrogen) atoms. The minimum atomic E-state index is 0.00465. The van der Waals surface area contributed by atoms with Gasteiger partial charge in [0.15, 0.2) is 0 Å². The molecule has 1 saturated carbocycles. The summed E-state index contributed by atoms with van der Waals surface area (Å²) in [6.45, 7) is 1.71. The van der Waals surface area contributed by atoms with Crippen molar-refractivity contribution in [1.82, 2.24) is 19.0 Å². The fourth-order valence-corrected chi connectivity index (χ4v) is 4.80. The molecule has 2 heterocycles. The summed E-state index contributed by atoms with van der Waals surface area (Å²) in [5.41, 5.74) is 4.90. The molecule has 1 aliphatic rings. The van der Waals surface area contributed by atoms with Crippen molar-refractivity contribution >= 4 is 21.9 Å². The molecule has 0 saturated heterocycles. The molecule has 0 bridgehead atoms. The fourth-order valence-electron chi connectivity index (χ4n) is 4.80. The Morgan fingerprint density at radius 1 is 1.09 bits per heavy atom. The molecule has 7 heteroatoms. The second-order valence-electron chi connectivity index (χ2n) is 9.45. The van der Waals surface area contributed by atoms with Gasteiger partial charge >= 0.3 is 5.69 Å². The third-order valence-electron chi connectivity index (χ3n) is 6.89. The highest BCUT2D eigenvalue weighted by molar-refractivity contribution is 6.04. The Balaban J connectivity index is 1.48. The number of fused-ring (bicyclic) bond motifs is 3. The number of aryl methyl sites for hydroxylation is 1. The van der Waals surface area contributed by atoms with E-state index in [0.717, 1.165) is 64.6 Å². The van der Waals surface area contributed by atoms with Gasteiger partial charge in [0.25, 0.3) is 0 Å². The van der Waals surface area contributed by atoms with E-state index in [2.05, 4.69) is 48.2 Å². The Labute approximate surface area is 199 Å². The van der Waals surface area contributed by atoms with Crippen LogP contribution in [0, 0.1) is 0 Å². The maximum Gasteiger partial charge on any atom is 0.329 e. The van der Waals surface area contributed by atoms with Crippen LogP contribution in [0.15, 0.2) is 53.5 Å². The predicted molar refractivity (Wildman–Crippen MR) is 136 cm³/mol. The zero-order chi connectivity index (χ0) is 23.8. The van der Waals surface area contributed by atoms with E-state index >= 15 is 0 Å². The topological polar surface area (TPSA) is 61.5 Å². The van der Waals surface area contributed by atoms with Crippen molar-refractivity contribution in [2.24, 2.45) is 7.05 Å². The highest BCUT2D eigenvalue weighted by Crippen LogP contribution is 2.37. The smallest absolute Gasteiger partial charge is 0.329 e. The first-order chi connectivity index (χ1) is 16.5. The third-order valence-corrected chi connectivity index (χ3v) is 6.89. The normalized spacial score (nSPS) is 18.0. The van der Waals surface area contributed by atoms with Crippen LogP contribution in [-0.2, 0) is 11.8 Å². The number of hydrogen-bond acceptors (Lipinski definition) is 5. The molecule has 0 radical (unpaired) electrons. The first-order valence-corrected chi connectivity index (χ1v) is 11.9. The number of imidazole rings is 1. The first-order valence-electron chi connectivity index (χ1n) is 11.9. The maximum absolute atomic E-state index is 13.1. The van der Waals surface area contributed by atoms with Crippen molar-refractivity contribution in [3.8, 4) is 16.9 Å². The van der Waals surface area contributed by atoms with E-state index in [0.29, 0.717) is 6.61 Å². The van der Waals surface area contributed by atoms with Crippen molar-refractivity contribution in [2.45, 2.75) is 31.4 Å². The monoisotopic (exact) mass is 460 g/mol. The van der Waals surface area contributed by atoms with Gasteiger partial charge in [-0.1, -0.05) is 18.2 Å². The maximum atomic E-state index is 13.1. The molecule has 0 unspecified atom stereocenters. The molecular formula is C27H32N4O3. The highest BCUT2D eigenvalue weighted by Gasteiger charge is 2.33. The Morgan fingerprint density at radius 3 is 2.53 bits per heavy atom. The molecule has 7 nitrogen and oxygen atoms in total. The van der Waals surface area contributed by atoms with Crippen LogP contribution in [0.3, 0.4) is 0 Å². The number of ether oxygens (including phenoxy) is 2. The molecular weight excluding hydrogens is 428 g/mol. The van der Waals surface area contributed by atoms with E-state index in [4.69, 9.17) is 9.47 Å². The summed E-state index contributed by atoms with van der Waals surface area (Å²) in [6, 6.07) is 14.6. The van der Waals surface area contributed by atoms with Gasteiger partial charge in [0.2, 0.25) is 0 Å². The van der Waals surface area contributed by atoms with Crippen LogP contribution < -0.4 is 10.4 Å². The van der Waals surface area contributed by atoms with Crippen LogP contribution in [0.4, 0.5) is 0 Å². The number of aromatic nitrogens is 3.